The highest BCUT2D eigenvalue weighted by Crippen LogP contribution is 2.29. The largest absolute Gasteiger partial charge is 0.495 e. The highest BCUT2D eigenvalue weighted by atomic mass is 16.5. The highest BCUT2D eigenvalue weighted by molar-refractivity contribution is 6.02. The van der Waals surface area contributed by atoms with Gasteiger partial charge in [-0.3, -0.25) is 9.36 Å². The number of hydrogen-bond donors (Lipinski definition) is 1. The van der Waals surface area contributed by atoms with E-state index in [9.17, 15) is 9.59 Å². The number of nitrogen functional groups attached to an aromatic ring is 1. The van der Waals surface area contributed by atoms with Gasteiger partial charge in [0.25, 0.3) is 0 Å². The quantitative estimate of drug-likeness (QED) is 0.390. The maximum Gasteiger partial charge on any atom is 0.329 e. The number of methoxy groups -OCH3 is 1. The van der Waals surface area contributed by atoms with Crippen molar-refractivity contribution in [2.45, 2.75) is 0 Å². The Morgan fingerprint density at radius 3 is 2.34 bits per heavy atom. The number of carbonyl (C=O) groups is 1. The van der Waals surface area contributed by atoms with Gasteiger partial charge < -0.3 is 20.3 Å². The predicted octanol–water partition coefficient (Wildman–Crippen LogP) is 3.54. The van der Waals surface area contributed by atoms with E-state index >= 15 is 0 Å². The van der Waals surface area contributed by atoms with Crippen LogP contribution in [0.15, 0.2) is 71.5 Å². The van der Waals surface area contributed by atoms with Gasteiger partial charge in [-0.05, 0) is 42.5 Å². The number of carbonyl (C=O) groups excluding carboxylic acids is 1. The van der Waals surface area contributed by atoms with E-state index < -0.39 is 0 Å². The first kappa shape index (κ1) is 19.9. The number of rotatable bonds is 2. The fourth-order valence-electron chi connectivity index (χ4n) is 4.44. The molecule has 0 saturated carbocycles. The number of pyridine rings is 1. The first-order valence-electron chi connectivity index (χ1n) is 10.6. The molecule has 1 fully saturated rings. The number of benzene rings is 3. The van der Waals surface area contributed by atoms with Gasteiger partial charge in [-0.2, -0.15) is 0 Å². The number of anilines is 2. The zero-order valence-electron chi connectivity index (χ0n) is 17.8. The maximum absolute atomic E-state index is 13.7. The van der Waals surface area contributed by atoms with Gasteiger partial charge in [-0.25, -0.2) is 4.79 Å². The first-order valence-corrected chi connectivity index (χ1v) is 10.6. The van der Waals surface area contributed by atoms with E-state index in [1.165, 1.54) is 0 Å². The summed E-state index contributed by atoms with van der Waals surface area (Å²) in [5, 5.41) is 0.955. The Labute approximate surface area is 185 Å². The molecule has 1 aromatic heterocycles. The lowest BCUT2D eigenvalue weighted by Gasteiger charge is -2.37. The van der Waals surface area contributed by atoms with Crippen molar-refractivity contribution < 1.29 is 9.53 Å². The Kier molecular flexibility index (Phi) is 4.93. The van der Waals surface area contributed by atoms with Crippen LogP contribution in [0.4, 0.5) is 16.2 Å². The molecule has 0 unspecified atom stereocenters. The van der Waals surface area contributed by atoms with Gasteiger partial charge in [0, 0.05) is 42.6 Å². The molecule has 1 aliphatic rings. The summed E-state index contributed by atoms with van der Waals surface area (Å²) in [7, 11) is 1.66. The minimum absolute atomic E-state index is 0.118. The molecule has 7 heteroatoms. The van der Waals surface area contributed by atoms with Crippen LogP contribution in [0.3, 0.4) is 0 Å². The molecule has 2 N–H and O–H groups in total. The van der Waals surface area contributed by atoms with Gasteiger partial charge in [0.2, 0.25) is 0 Å². The molecular weight excluding hydrogens is 404 g/mol. The van der Waals surface area contributed by atoms with Crippen LogP contribution in [0.2, 0.25) is 0 Å². The van der Waals surface area contributed by atoms with Gasteiger partial charge >= 0.3 is 6.03 Å². The number of piperazine rings is 1. The number of para-hydroxylation sites is 3. The van der Waals surface area contributed by atoms with E-state index in [0.29, 0.717) is 53.7 Å². The summed E-state index contributed by atoms with van der Waals surface area (Å²) in [4.78, 5) is 30.8. The molecule has 1 amide bonds. The minimum Gasteiger partial charge on any atom is -0.495 e. The van der Waals surface area contributed by atoms with E-state index in [0.717, 1.165) is 11.4 Å². The van der Waals surface area contributed by atoms with E-state index in [2.05, 4.69) is 4.90 Å². The molecule has 0 aliphatic carbocycles. The van der Waals surface area contributed by atoms with Crippen molar-refractivity contribution in [3.63, 3.8) is 0 Å². The predicted molar refractivity (Wildman–Crippen MR) is 128 cm³/mol. The molecule has 0 radical (unpaired) electrons. The van der Waals surface area contributed by atoms with Crippen LogP contribution in [0, 0.1) is 0 Å². The number of nitrogens with two attached hydrogens (primary N) is 1. The summed E-state index contributed by atoms with van der Waals surface area (Å²) < 4.78 is 7.14. The average molecular weight is 428 g/mol. The Bertz CT molecular complexity index is 1390. The van der Waals surface area contributed by atoms with Crippen molar-refractivity contribution in [3.05, 3.63) is 77.0 Å². The van der Waals surface area contributed by atoms with Gasteiger partial charge in [-0.15, -0.1) is 0 Å². The van der Waals surface area contributed by atoms with E-state index in [1.54, 1.807) is 35.9 Å². The number of amides is 1. The summed E-state index contributed by atoms with van der Waals surface area (Å²) >= 11 is 0. The van der Waals surface area contributed by atoms with Crippen LogP contribution in [-0.4, -0.2) is 48.8 Å². The molecule has 3 aromatic carbocycles. The summed E-state index contributed by atoms with van der Waals surface area (Å²) in [6, 6.07) is 20.1. The fourth-order valence-corrected chi connectivity index (χ4v) is 4.44. The topological polar surface area (TPSA) is 80.8 Å². The Morgan fingerprint density at radius 2 is 1.56 bits per heavy atom. The van der Waals surface area contributed by atoms with Crippen molar-refractivity contribution in [1.82, 2.24) is 9.47 Å². The van der Waals surface area contributed by atoms with Crippen LogP contribution in [0.25, 0.3) is 21.8 Å². The first-order chi connectivity index (χ1) is 15.6. The van der Waals surface area contributed by atoms with Crippen LogP contribution in [0.5, 0.6) is 5.75 Å². The number of nitrogens with zero attached hydrogens (tertiary/aromatic N) is 3. The molecule has 0 spiro atoms. The second-order valence-corrected chi connectivity index (χ2v) is 7.89. The molecule has 1 saturated heterocycles. The Morgan fingerprint density at radius 1 is 0.875 bits per heavy atom. The molecule has 32 heavy (non-hydrogen) atoms. The molecule has 7 nitrogen and oxygen atoms in total. The number of aromatic nitrogens is 1. The zero-order valence-corrected chi connectivity index (χ0v) is 17.8. The molecule has 0 atom stereocenters. The lowest BCUT2D eigenvalue weighted by Crippen LogP contribution is -2.50. The van der Waals surface area contributed by atoms with Crippen molar-refractivity contribution in [2.24, 2.45) is 0 Å². The second kappa shape index (κ2) is 7.92. The van der Waals surface area contributed by atoms with Crippen LogP contribution < -0.4 is 20.8 Å². The zero-order chi connectivity index (χ0) is 22.2. The van der Waals surface area contributed by atoms with Crippen LogP contribution in [0.1, 0.15) is 0 Å². The van der Waals surface area contributed by atoms with Crippen molar-refractivity contribution in [1.29, 1.82) is 0 Å². The normalized spacial score (nSPS) is 14.2. The van der Waals surface area contributed by atoms with Crippen LogP contribution >= 0.6 is 0 Å². The fraction of sp³-hybridized carbons (Fsp3) is 0.200. The maximum atomic E-state index is 13.7. The lowest BCUT2D eigenvalue weighted by molar-refractivity contribution is 0.198. The summed E-state index contributed by atoms with van der Waals surface area (Å²) in [5.74, 6) is 0.822. The van der Waals surface area contributed by atoms with Crippen molar-refractivity contribution >= 4 is 39.2 Å². The molecule has 2 heterocycles. The molecule has 4 aromatic rings. The van der Waals surface area contributed by atoms with Crippen molar-refractivity contribution in [2.75, 3.05) is 43.9 Å². The second-order valence-electron chi connectivity index (χ2n) is 7.89. The third-order valence-electron chi connectivity index (χ3n) is 6.06. The number of ether oxygens (including phenoxy) is 1. The van der Waals surface area contributed by atoms with Crippen LogP contribution in [-0.2, 0) is 0 Å². The van der Waals surface area contributed by atoms with Gasteiger partial charge in [-0.1, -0.05) is 24.3 Å². The highest BCUT2D eigenvalue weighted by Gasteiger charge is 2.26. The molecular formula is C25H24N4O3. The SMILES string of the molecule is COc1ccccc1N1CCN(C(=O)n2c3ccccc3c(=O)c3cc(N)ccc32)CC1. The van der Waals surface area contributed by atoms with Gasteiger partial charge in [0.05, 0.1) is 23.8 Å². The van der Waals surface area contributed by atoms with Gasteiger partial charge in [0.15, 0.2) is 5.43 Å². The standard InChI is InChI=1S/C25H24N4O3/c1-32-23-9-5-4-8-22(23)27-12-14-28(15-13-27)25(31)29-20-7-3-2-6-18(20)24(30)19-16-17(26)10-11-21(19)29/h2-11,16H,12-15,26H2,1H3. The number of hydrogen-bond acceptors (Lipinski definition) is 5. The average Bonchev–Trinajstić information content (AvgIpc) is 2.84. The smallest absolute Gasteiger partial charge is 0.329 e. The molecule has 0 bridgehead atoms. The van der Waals surface area contributed by atoms with Crippen molar-refractivity contribution in [3.8, 4) is 5.75 Å². The summed E-state index contributed by atoms with van der Waals surface area (Å²) in [6.07, 6.45) is 0. The van der Waals surface area contributed by atoms with E-state index in [4.69, 9.17) is 10.5 Å². The van der Waals surface area contributed by atoms with E-state index in [-0.39, 0.29) is 11.5 Å². The molecule has 5 rings (SSSR count). The monoisotopic (exact) mass is 428 g/mol. The summed E-state index contributed by atoms with van der Waals surface area (Å²) in [5.41, 5.74) is 8.52. The molecule has 1 aliphatic heterocycles. The Balaban J connectivity index is 1.52. The Hall–Kier alpha value is -4.00. The number of fused-ring (bicyclic) bond motifs is 2. The molecule has 162 valence electrons. The third-order valence-corrected chi connectivity index (χ3v) is 6.06. The van der Waals surface area contributed by atoms with E-state index in [1.807, 2.05) is 47.4 Å². The van der Waals surface area contributed by atoms with Gasteiger partial charge in [0.1, 0.15) is 5.75 Å². The minimum atomic E-state index is -0.143. The summed E-state index contributed by atoms with van der Waals surface area (Å²) in [6.45, 7) is 2.51. The third kappa shape index (κ3) is 3.22. The lowest BCUT2D eigenvalue weighted by atomic mass is 10.1.